The van der Waals surface area contributed by atoms with Crippen LogP contribution in [0, 0.1) is 11.8 Å². The first kappa shape index (κ1) is 14.1. The molecule has 0 saturated carbocycles. The summed E-state index contributed by atoms with van der Waals surface area (Å²) in [4.78, 5) is 2.54. The molecule has 2 nitrogen and oxygen atoms in total. The first-order valence-corrected chi connectivity index (χ1v) is 8.09. The summed E-state index contributed by atoms with van der Waals surface area (Å²) in [6, 6.07) is 8.74. The van der Waals surface area contributed by atoms with Crippen LogP contribution in [0.15, 0.2) is 24.3 Å². The highest BCUT2D eigenvalue weighted by Gasteiger charge is 2.38. The van der Waals surface area contributed by atoms with Crippen molar-refractivity contribution in [2.24, 2.45) is 11.8 Å². The summed E-state index contributed by atoms with van der Waals surface area (Å²) in [5.74, 6) is 2.11. The highest BCUT2D eigenvalue weighted by atomic mass is 16.3. The lowest BCUT2D eigenvalue weighted by Crippen LogP contribution is -2.42. The molecule has 1 saturated heterocycles. The second-order valence-corrected chi connectivity index (χ2v) is 7.07. The highest BCUT2D eigenvalue weighted by Crippen LogP contribution is 2.41. The Balaban J connectivity index is 1.80. The molecule has 2 heteroatoms. The Morgan fingerprint density at radius 3 is 2.55 bits per heavy atom. The van der Waals surface area contributed by atoms with Crippen LogP contribution in [0.4, 0.5) is 0 Å². The highest BCUT2D eigenvalue weighted by molar-refractivity contribution is 5.35. The molecule has 2 aliphatic rings. The van der Waals surface area contributed by atoms with Gasteiger partial charge in [-0.2, -0.15) is 0 Å². The minimum absolute atomic E-state index is 0.309. The van der Waals surface area contributed by atoms with Crippen molar-refractivity contribution in [3.8, 4) is 0 Å². The lowest BCUT2D eigenvalue weighted by molar-refractivity contribution is 0.0407. The predicted octanol–water partition coefficient (Wildman–Crippen LogP) is 3.57. The number of hydrogen-bond acceptors (Lipinski definition) is 2. The molecule has 1 aromatic carbocycles. The van der Waals surface area contributed by atoms with Crippen molar-refractivity contribution < 1.29 is 5.11 Å². The zero-order valence-corrected chi connectivity index (χ0v) is 12.9. The Kier molecular flexibility index (Phi) is 3.87. The van der Waals surface area contributed by atoms with Gasteiger partial charge in [0.15, 0.2) is 0 Å². The van der Waals surface area contributed by atoms with Crippen molar-refractivity contribution in [2.75, 3.05) is 13.1 Å². The van der Waals surface area contributed by atoms with E-state index >= 15 is 0 Å². The number of benzene rings is 1. The molecule has 3 rings (SSSR count). The molecule has 1 aliphatic carbocycles. The Morgan fingerprint density at radius 1 is 1.20 bits per heavy atom. The fourth-order valence-electron chi connectivity index (χ4n) is 4.06. The zero-order valence-electron chi connectivity index (χ0n) is 12.9. The summed E-state index contributed by atoms with van der Waals surface area (Å²) < 4.78 is 0. The summed E-state index contributed by atoms with van der Waals surface area (Å²) in [7, 11) is 0. The van der Waals surface area contributed by atoms with Crippen LogP contribution in [0.5, 0.6) is 0 Å². The van der Waals surface area contributed by atoms with Gasteiger partial charge in [-0.15, -0.1) is 0 Å². The average molecular weight is 273 g/mol. The van der Waals surface area contributed by atoms with Gasteiger partial charge in [0.25, 0.3) is 0 Å². The Morgan fingerprint density at radius 2 is 1.90 bits per heavy atom. The van der Waals surface area contributed by atoms with Crippen molar-refractivity contribution in [1.29, 1.82) is 0 Å². The van der Waals surface area contributed by atoms with Crippen molar-refractivity contribution in [2.45, 2.75) is 51.7 Å². The summed E-state index contributed by atoms with van der Waals surface area (Å²) in [6.45, 7) is 9.26. The number of fused-ring (bicyclic) bond motifs is 1. The molecule has 0 bridgehead atoms. The summed E-state index contributed by atoms with van der Waals surface area (Å²) in [5.41, 5.74) is 2.50. The molecule has 0 aromatic heterocycles. The zero-order chi connectivity index (χ0) is 14.3. The number of aliphatic hydroxyl groups excluding tert-OH is 1. The molecule has 4 unspecified atom stereocenters. The molecule has 4 atom stereocenters. The van der Waals surface area contributed by atoms with Crippen LogP contribution in [-0.2, 0) is 0 Å². The topological polar surface area (TPSA) is 23.5 Å². The maximum atomic E-state index is 10.8. The number of nitrogens with zero attached hydrogens (tertiary/aromatic N) is 1. The standard InChI is InChI=1S/C18H27NO/c1-12(2)14-8-9-19(11-14)17-10-13(3)15-6-4-5-7-16(15)18(17)20/h4-7,12-14,17-18,20H,8-11H2,1-3H3. The van der Waals surface area contributed by atoms with E-state index in [0.29, 0.717) is 12.0 Å². The number of rotatable bonds is 2. The van der Waals surface area contributed by atoms with Crippen LogP contribution in [0.2, 0.25) is 0 Å². The van der Waals surface area contributed by atoms with Crippen molar-refractivity contribution in [1.82, 2.24) is 4.90 Å². The van der Waals surface area contributed by atoms with Gasteiger partial charge in [-0.3, -0.25) is 4.90 Å². The van der Waals surface area contributed by atoms with Gasteiger partial charge in [0.1, 0.15) is 0 Å². The molecule has 0 amide bonds. The molecule has 1 heterocycles. The van der Waals surface area contributed by atoms with E-state index in [9.17, 15) is 5.11 Å². The molecule has 1 fully saturated rings. The van der Waals surface area contributed by atoms with Gasteiger partial charge in [-0.25, -0.2) is 0 Å². The first-order valence-electron chi connectivity index (χ1n) is 8.09. The average Bonchev–Trinajstić information content (AvgIpc) is 2.93. The smallest absolute Gasteiger partial charge is 0.0948 e. The van der Waals surface area contributed by atoms with Crippen LogP contribution in [0.1, 0.15) is 56.8 Å². The van der Waals surface area contributed by atoms with E-state index in [-0.39, 0.29) is 6.10 Å². The van der Waals surface area contributed by atoms with E-state index in [1.54, 1.807) is 0 Å². The molecule has 110 valence electrons. The van der Waals surface area contributed by atoms with Crippen LogP contribution >= 0.6 is 0 Å². The van der Waals surface area contributed by atoms with Crippen molar-refractivity contribution in [3.63, 3.8) is 0 Å². The molecule has 1 aliphatic heterocycles. The van der Waals surface area contributed by atoms with Crippen molar-refractivity contribution >= 4 is 0 Å². The van der Waals surface area contributed by atoms with Crippen LogP contribution in [0.25, 0.3) is 0 Å². The molecule has 0 spiro atoms. The Bertz CT molecular complexity index is 470. The predicted molar refractivity (Wildman–Crippen MR) is 82.7 cm³/mol. The van der Waals surface area contributed by atoms with E-state index in [2.05, 4.69) is 49.9 Å². The quantitative estimate of drug-likeness (QED) is 0.890. The molecule has 1 aromatic rings. The number of hydrogen-bond donors (Lipinski definition) is 1. The first-order chi connectivity index (χ1) is 9.58. The largest absolute Gasteiger partial charge is 0.387 e. The molecule has 20 heavy (non-hydrogen) atoms. The van der Waals surface area contributed by atoms with E-state index < -0.39 is 0 Å². The third-order valence-electron chi connectivity index (χ3n) is 5.47. The lowest BCUT2D eigenvalue weighted by Gasteiger charge is -2.39. The van der Waals surface area contributed by atoms with E-state index in [1.165, 1.54) is 12.0 Å². The minimum atomic E-state index is -0.312. The van der Waals surface area contributed by atoms with E-state index in [1.807, 2.05) is 0 Å². The van der Waals surface area contributed by atoms with Gasteiger partial charge in [-0.1, -0.05) is 45.0 Å². The lowest BCUT2D eigenvalue weighted by atomic mass is 9.79. The maximum Gasteiger partial charge on any atom is 0.0948 e. The molecule has 1 N–H and O–H groups in total. The maximum absolute atomic E-state index is 10.8. The van der Waals surface area contributed by atoms with Gasteiger partial charge < -0.3 is 5.11 Å². The fourth-order valence-corrected chi connectivity index (χ4v) is 4.06. The van der Waals surface area contributed by atoms with Gasteiger partial charge in [0.05, 0.1) is 6.10 Å². The molecular formula is C18H27NO. The Labute approximate surface area is 122 Å². The van der Waals surface area contributed by atoms with E-state index in [0.717, 1.165) is 36.9 Å². The molecular weight excluding hydrogens is 246 g/mol. The summed E-state index contributed by atoms with van der Waals surface area (Å²) in [5, 5.41) is 10.8. The Hall–Kier alpha value is -0.860. The molecule has 0 radical (unpaired) electrons. The normalized spacial score (nSPS) is 34.5. The second kappa shape index (κ2) is 5.50. The SMILES string of the molecule is CC1CC(N2CCC(C(C)C)C2)C(O)c2ccccc21. The third-order valence-corrected chi connectivity index (χ3v) is 5.47. The monoisotopic (exact) mass is 273 g/mol. The van der Waals surface area contributed by atoms with Gasteiger partial charge in [0.2, 0.25) is 0 Å². The number of aliphatic hydroxyl groups is 1. The number of likely N-dealkylation sites (tertiary alicyclic amines) is 1. The fraction of sp³-hybridized carbons (Fsp3) is 0.667. The van der Waals surface area contributed by atoms with Crippen molar-refractivity contribution in [3.05, 3.63) is 35.4 Å². The van der Waals surface area contributed by atoms with Crippen LogP contribution in [-0.4, -0.2) is 29.1 Å². The minimum Gasteiger partial charge on any atom is -0.387 e. The van der Waals surface area contributed by atoms with Gasteiger partial charge in [-0.05, 0) is 48.3 Å². The van der Waals surface area contributed by atoms with Crippen LogP contribution < -0.4 is 0 Å². The van der Waals surface area contributed by atoms with E-state index in [4.69, 9.17) is 0 Å². The van der Waals surface area contributed by atoms with Gasteiger partial charge in [0, 0.05) is 12.6 Å². The summed E-state index contributed by atoms with van der Waals surface area (Å²) >= 11 is 0. The third kappa shape index (κ3) is 2.40. The van der Waals surface area contributed by atoms with Gasteiger partial charge >= 0.3 is 0 Å². The second-order valence-electron chi connectivity index (χ2n) is 7.07. The van der Waals surface area contributed by atoms with Crippen LogP contribution in [0.3, 0.4) is 0 Å². The summed E-state index contributed by atoms with van der Waals surface area (Å²) in [6.07, 6.45) is 2.06.